The van der Waals surface area contributed by atoms with Gasteiger partial charge in [-0.2, -0.15) is 0 Å². The Kier molecular flexibility index (Phi) is 22.4. The Morgan fingerprint density at radius 3 is 1.59 bits per heavy atom. The van der Waals surface area contributed by atoms with Gasteiger partial charge in [-0.25, -0.2) is 0 Å². The molecule has 0 saturated carbocycles. The normalized spacial score (nSPS) is 11.9. The molecule has 0 radical (unpaired) electrons. The molecule has 0 spiro atoms. The van der Waals surface area contributed by atoms with Crippen molar-refractivity contribution in [1.29, 1.82) is 0 Å². The van der Waals surface area contributed by atoms with Crippen molar-refractivity contribution in [2.45, 2.75) is 176 Å². The minimum atomic E-state index is 0.626. The summed E-state index contributed by atoms with van der Waals surface area (Å²) in [7, 11) is 0. The molecule has 0 fully saturated rings. The number of pyridine rings is 1. The van der Waals surface area contributed by atoms with Gasteiger partial charge in [0.1, 0.15) is 11.5 Å². The number of unbranched alkanes of at least 4 members (excludes halogenated alkanes) is 13. The van der Waals surface area contributed by atoms with Gasteiger partial charge in [0.25, 0.3) is 0 Å². The van der Waals surface area contributed by atoms with Gasteiger partial charge in [0.2, 0.25) is 0 Å². The molecule has 0 N–H and O–H groups in total. The van der Waals surface area contributed by atoms with Gasteiger partial charge >= 0.3 is 0 Å². The van der Waals surface area contributed by atoms with E-state index in [9.17, 15) is 0 Å². The van der Waals surface area contributed by atoms with Gasteiger partial charge in [0.05, 0.1) is 26.4 Å². The summed E-state index contributed by atoms with van der Waals surface area (Å²) in [5.41, 5.74) is 9.91. The van der Waals surface area contributed by atoms with E-state index in [1.54, 1.807) is 0 Å². The van der Waals surface area contributed by atoms with Crippen LogP contribution in [0.15, 0.2) is 85.2 Å². The van der Waals surface area contributed by atoms with Crippen LogP contribution in [0.2, 0.25) is 0 Å². The lowest BCUT2D eigenvalue weighted by atomic mass is 9.89. The predicted octanol–water partition coefficient (Wildman–Crippen LogP) is 17.5. The van der Waals surface area contributed by atoms with Crippen molar-refractivity contribution in [3.05, 3.63) is 90.8 Å². The van der Waals surface area contributed by atoms with E-state index in [0.717, 1.165) is 79.4 Å². The summed E-state index contributed by atoms with van der Waals surface area (Å²) < 4.78 is 27.9. The molecule has 1 atom stereocenters. The highest BCUT2D eigenvalue weighted by Gasteiger charge is 2.19. The Balaban J connectivity index is 1.47. The van der Waals surface area contributed by atoms with Crippen molar-refractivity contribution in [1.82, 2.24) is 4.40 Å². The maximum atomic E-state index is 6.59. The zero-order chi connectivity index (χ0) is 44.5. The first-order valence-electron chi connectivity index (χ1n) is 25.6. The topological polar surface area (TPSA) is 41.3 Å². The fourth-order valence-corrected chi connectivity index (χ4v) is 8.65. The van der Waals surface area contributed by atoms with E-state index in [0.29, 0.717) is 19.1 Å². The lowest BCUT2D eigenvalue weighted by Gasteiger charge is -2.17. The van der Waals surface area contributed by atoms with E-state index in [2.05, 4.69) is 131 Å². The molecule has 0 bridgehead atoms. The highest BCUT2D eigenvalue weighted by molar-refractivity contribution is 5.83. The van der Waals surface area contributed by atoms with Crippen LogP contribution in [0.3, 0.4) is 0 Å². The Hall–Kier alpha value is -4.38. The number of fused-ring (bicyclic) bond motifs is 1. The van der Waals surface area contributed by atoms with Crippen molar-refractivity contribution in [2.75, 3.05) is 26.4 Å². The van der Waals surface area contributed by atoms with Crippen molar-refractivity contribution in [3.63, 3.8) is 0 Å². The Morgan fingerprint density at radius 2 is 0.984 bits per heavy atom. The molecule has 5 rings (SSSR count). The number of ether oxygens (including phenoxy) is 4. The number of aromatic nitrogens is 1. The summed E-state index contributed by atoms with van der Waals surface area (Å²) in [5.74, 6) is 4.14. The number of hydrogen-bond donors (Lipinski definition) is 0. The van der Waals surface area contributed by atoms with E-state index in [-0.39, 0.29) is 0 Å². The van der Waals surface area contributed by atoms with E-state index in [1.165, 1.54) is 136 Å². The molecule has 3 aromatic carbocycles. The van der Waals surface area contributed by atoms with Gasteiger partial charge in [-0.3, -0.25) is 0 Å². The number of benzene rings is 3. The summed E-state index contributed by atoms with van der Waals surface area (Å²) in [4.78, 5) is 0. The number of hydrogen-bond acceptors (Lipinski definition) is 4. The second-order valence-electron chi connectivity index (χ2n) is 17.9. The summed E-state index contributed by atoms with van der Waals surface area (Å²) >= 11 is 0. The minimum absolute atomic E-state index is 0.626. The fourth-order valence-electron chi connectivity index (χ4n) is 8.65. The van der Waals surface area contributed by atoms with Gasteiger partial charge < -0.3 is 23.3 Å². The smallest absolute Gasteiger partial charge is 0.161 e. The summed E-state index contributed by atoms with van der Waals surface area (Å²) in [6.07, 6.45) is 29.5. The third-order valence-electron chi connectivity index (χ3n) is 12.7. The molecule has 0 aliphatic carbocycles. The zero-order valence-electron chi connectivity index (χ0n) is 40.4. The van der Waals surface area contributed by atoms with Crippen molar-refractivity contribution in [3.8, 4) is 56.4 Å². The van der Waals surface area contributed by atoms with Crippen LogP contribution >= 0.6 is 0 Å². The van der Waals surface area contributed by atoms with Crippen molar-refractivity contribution < 1.29 is 18.9 Å². The Morgan fingerprint density at radius 1 is 0.429 bits per heavy atom. The van der Waals surface area contributed by atoms with Crippen molar-refractivity contribution in [2.24, 2.45) is 5.92 Å². The van der Waals surface area contributed by atoms with E-state index in [4.69, 9.17) is 18.9 Å². The van der Waals surface area contributed by atoms with Crippen LogP contribution in [0, 0.1) is 5.92 Å². The van der Waals surface area contributed by atoms with E-state index in [1.807, 2.05) is 0 Å². The van der Waals surface area contributed by atoms with Gasteiger partial charge in [0.15, 0.2) is 11.5 Å². The second kappa shape index (κ2) is 28.4. The molecule has 5 nitrogen and oxygen atoms in total. The third kappa shape index (κ3) is 15.7. The summed E-state index contributed by atoms with van der Waals surface area (Å²) in [5, 5.41) is 0. The van der Waals surface area contributed by atoms with Crippen LogP contribution in [-0.4, -0.2) is 30.8 Å². The van der Waals surface area contributed by atoms with Crippen LogP contribution in [0.4, 0.5) is 0 Å². The first kappa shape index (κ1) is 49.6. The molecule has 0 aliphatic rings. The van der Waals surface area contributed by atoms with Crippen molar-refractivity contribution >= 4 is 5.52 Å². The molecule has 0 amide bonds. The molecule has 0 saturated heterocycles. The SMILES string of the molecule is CCCCCCOc1ccc(-c2ccn3cc(-c4ccc(-c5ccc(OCCCCCC)c(OCCCCCC)c5)cc4)c(CC(CC)CCCC)c3c2)c(OCCCCCC)c1. The molecule has 344 valence electrons. The number of rotatable bonds is 33. The predicted molar refractivity (Wildman–Crippen MR) is 269 cm³/mol. The first-order valence-corrected chi connectivity index (χ1v) is 25.6. The molecule has 0 aliphatic heterocycles. The quantitative estimate of drug-likeness (QED) is 0.0394. The average molecular weight is 858 g/mol. The minimum Gasteiger partial charge on any atom is -0.493 e. The van der Waals surface area contributed by atoms with E-state index >= 15 is 0 Å². The maximum Gasteiger partial charge on any atom is 0.161 e. The highest BCUT2D eigenvalue weighted by Crippen LogP contribution is 2.39. The van der Waals surface area contributed by atoms with Crippen LogP contribution in [0.25, 0.3) is 38.9 Å². The lowest BCUT2D eigenvalue weighted by molar-refractivity contribution is 0.259. The molecule has 63 heavy (non-hydrogen) atoms. The maximum absolute atomic E-state index is 6.59. The Bertz CT molecular complexity index is 2010. The van der Waals surface area contributed by atoms with Crippen LogP contribution in [-0.2, 0) is 6.42 Å². The van der Waals surface area contributed by atoms with Gasteiger partial charge in [-0.05, 0) is 102 Å². The highest BCUT2D eigenvalue weighted by atomic mass is 16.5. The van der Waals surface area contributed by atoms with Crippen LogP contribution in [0.1, 0.15) is 176 Å². The molecule has 1 unspecified atom stereocenters. The molecule has 2 aromatic heterocycles. The standard InChI is InChI=1S/C58H83NO4/c1-7-13-18-22-37-60-51-32-33-52(57(44-51)62-39-24-20-15-9-3)50-35-36-59-45-54(53(55(59)42-50)41-46(12-6)26-17-11-5)48-29-27-47(28-30-48)49-31-34-56(61-38-23-19-14-8-2)58(43-49)63-40-25-21-16-10-4/h27-36,42-46H,7-26,37-41H2,1-6H3. The second-order valence-corrected chi connectivity index (χ2v) is 17.9. The fraction of sp³-hybridized carbons (Fsp3) is 0.552. The number of nitrogens with zero attached hydrogens (tertiary/aromatic N) is 1. The largest absolute Gasteiger partial charge is 0.493 e. The third-order valence-corrected chi connectivity index (χ3v) is 12.7. The molecular weight excluding hydrogens is 775 g/mol. The first-order chi connectivity index (χ1) is 31.0. The summed E-state index contributed by atoms with van der Waals surface area (Å²) in [6, 6.07) is 26.8. The molecule has 5 heteroatoms. The van der Waals surface area contributed by atoms with E-state index < -0.39 is 0 Å². The van der Waals surface area contributed by atoms with Crippen LogP contribution in [0.5, 0.6) is 23.0 Å². The average Bonchev–Trinajstić information content (AvgIpc) is 3.67. The molecular formula is C58H83NO4. The van der Waals surface area contributed by atoms with Crippen LogP contribution < -0.4 is 18.9 Å². The van der Waals surface area contributed by atoms with Gasteiger partial charge in [-0.1, -0.05) is 175 Å². The Labute approximate surface area is 383 Å². The zero-order valence-corrected chi connectivity index (χ0v) is 40.4. The molecule has 2 heterocycles. The monoisotopic (exact) mass is 858 g/mol. The van der Waals surface area contributed by atoms with Gasteiger partial charge in [-0.15, -0.1) is 0 Å². The summed E-state index contributed by atoms with van der Waals surface area (Å²) in [6.45, 7) is 16.6. The molecule has 5 aromatic rings. The van der Waals surface area contributed by atoms with Gasteiger partial charge in [0, 0.05) is 35.1 Å². The lowest BCUT2D eigenvalue weighted by Crippen LogP contribution is -2.04.